The lowest BCUT2D eigenvalue weighted by atomic mass is 10.0. The molecule has 1 aromatic carbocycles. The Morgan fingerprint density at radius 1 is 1.23 bits per heavy atom. The fraction of sp³-hybridized carbons (Fsp3) is 0.522. The topological polar surface area (TPSA) is 78.8 Å². The molecule has 1 saturated carbocycles. The number of likely N-dealkylation sites (tertiary alicyclic amines) is 1. The van der Waals surface area contributed by atoms with Gasteiger partial charge in [0.05, 0.1) is 17.8 Å². The summed E-state index contributed by atoms with van der Waals surface area (Å²) in [6.45, 7) is 5.21. The molecule has 164 valence electrons. The quantitative estimate of drug-likeness (QED) is 0.632. The van der Waals surface area contributed by atoms with Gasteiger partial charge in [-0.15, -0.1) is 0 Å². The fourth-order valence-corrected chi connectivity index (χ4v) is 4.41. The van der Waals surface area contributed by atoms with Crippen molar-refractivity contribution in [3.05, 3.63) is 36.3 Å². The molecule has 0 spiro atoms. The van der Waals surface area contributed by atoms with Crippen molar-refractivity contribution in [2.75, 3.05) is 19.6 Å². The molecule has 2 N–H and O–H groups in total. The highest BCUT2D eigenvalue weighted by molar-refractivity contribution is 6.05. The Hall–Kier alpha value is -2.74. The molecular weight excluding hydrogens is 395 g/mol. The highest BCUT2D eigenvalue weighted by atomic mass is 19.1. The number of halogens is 1. The van der Waals surface area contributed by atoms with Crippen molar-refractivity contribution in [1.82, 2.24) is 30.2 Å². The SMILES string of the molecule is CC(C)(F)CN1CCC(NC(=O)c2n[nH]c3ccc(-c4cnn(C5CC5)c4)cc23)CC1. The standard InChI is InChI=1S/C23H29FN6O/c1-23(2,24)14-29-9-7-17(8-10-29)26-22(31)21-19-11-15(3-6-20(19)27-28-21)16-12-25-30(13-16)18-4-5-18/h3,6,11-13,17-18H,4-5,7-10,14H2,1-2H3,(H,26,31)(H,27,28). The van der Waals surface area contributed by atoms with Crippen molar-refractivity contribution in [3.8, 4) is 11.1 Å². The van der Waals surface area contributed by atoms with Crippen LogP contribution >= 0.6 is 0 Å². The lowest BCUT2D eigenvalue weighted by Crippen LogP contribution is -2.47. The van der Waals surface area contributed by atoms with E-state index in [1.807, 2.05) is 29.1 Å². The number of carbonyl (C=O) groups is 1. The van der Waals surface area contributed by atoms with E-state index < -0.39 is 5.67 Å². The molecule has 3 heterocycles. The molecule has 0 unspecified atom stereocenters. The number of H-pyrrole nitrogens is 1. The van der Waals surface area contributed by atoms with E-state index in [2.05, 4.69) is 31.7 Å². The average molecular weight is 425 g/mol. The van der Waals surface area contributed by atoms with Crippen molar-refractivity contribution in [3.63, 3.8) is 0 Å². The summed E-state index contributed by atoms with van der Waals surface area (Å²) in [5.41, 5.74) is 2.13. The Kier molecular flexibility index (Phi) is 5.04. The Morgan fingerprint density at radius 2 is 2.00 bits per heavy atom. The van der Waals surface area contributed by atoms with E-state index in [1.165, 1.54) is 12.8 Å². The van der Waals surface area contributed by atoms with Gasteiger partial charge in [0.1, 0.15) is 5.67 Å². The molecule has 0 radical (unpaired) electrons. The number of nitrogens with zero attached hydrogens (tertiary/aromatic N) is 4. The van der Waals surface area contributed by atoms with Gasteiger partial charge in [-0.05, 0) is 57.2 Å². The van der Waals surface area contributed by atoms with Crippen LogP contribution in [0.5, 0.6) is 0 Å². The van der Waals surface area contributed by atoms with Crippen LogP contribution in [0.25, 0.3) is 22.0 Å². The summed E-state index contributed by atoms with van der Waals surface area (Å²) in [7, 11) is 0. The van der Waals surface area contributed by atoms with Crippen LogP contribution in [0, 0.1) is 0 Å². The van der Waals surface area contributed by atoms with E-state index >= 15 is 0 Å². The molecule has 1 aliphatic heterocycles. The molecule has 8 heteroatoms. The molecule has 5 rings (SSSR count). The van der Waals surface area contributed by atoms with E-state index in [9.17, 15) is 9.18 Å². The first kappa shape index (κ1) is 20.2. The molecule has 31 heavy (non-hydrogen) atoms. The van der Waals surface area contributed by atoms with Crippen molar-refractivity contribution >= 4 is 16.8 Å². The zero-order valence-corrected chi connectivity index (χ0v) is 18.1. The van der Waals surface area contributed by atoms with Gasteiger partial charge in [0.15, 0.2) is 5.69 Å². The number of hydrogen-bond acceptors (Lipinski definition) is 4. The minimum Gasteiger partial charge on any atom is -0.348 e. The Bertz CT molecular complexity index is 1090. The van der Waals surface area contributed by atoms with E-state index in [1.54, 1.807) is 13.8 Å². The minimum absolute atomic E-state index is 0.0816. The summed E-state index contributed by atoms with van der Waals surface area (Å²) in [6.07, 6.45) is 7.97. The average Bonchev–Trinajstić information content (AvgIpc) is 3.30. The maximum atomic E-state index is 13.9. The number of alkyl halides is 1. The molecule has 7 nitrogen and oxygen atoms in total. The first-order chi connectivity index (χ1) is 14.9. The Labute approximate surface area is 181 Å². The van der Waals surface area contributed by atoms with Gasteiger partial charge in [0, 0.05) is 42.8 Å². The number of benzene rings is 1. The Morgan fingerprint density at radius 3 is 2.71 bits per heavy atom. The van der Waals surface area contributed by atoms with E-state index in [-0.39, 0.29) is 11.9 Å². The number of hydrogen-bond donors (Lipinski definition) is 2. The minimum atomic E-state index is -1.20. The number of piperidine rings is 1. The second-order valence-electron chi connectivity index (χ2n) is 9.52. The summed E-state index contributed by atoms with van der Waals surface area (Å²) in [5, 5.41) is 15.7. The fourth-order valence-electron chi connectivity index (χ4n) is 4.41. The van der Waals surface area contributed by atoms with Crippen molar-refractivity contribution < 1.29 is 9.18 Å². The number of amides is 1. The molecule has 2 aliphatic rings. The summed E-state index contributed by atoms with van der Waals surface area (Å²) < 4.78 is 15.9. The van der Waals surface area contributed by atoms with Crippen LogP contribution < -0.4 is 5.32 Å². The van der Waals surface area contributed by atoms with Gasteiger partial charge in [-0.3, -0.25) is 14.6 Å². The lowest BCUT2D eigenvalue weighted by molar-refractivity contribution is 0.0844. The third kappa shape index (κ3) is 4.49. The lowest BCUT2D eigenvalue weighted by Gasteiger charge is -2.34. The van der Waals surface area contributed by atoms with Gasteiger partial charge in [0.2, 0.25) is 0 Å². The van der Waals surface area contributed by atoms with Crippen LogP contribution in [0.15, 0.2) is 30.6 Å². The zero-order valence-electron chi connectivity index (χ0n) is 18.1. The third-order valence-corrected chi connectivity index (χ3v) is 6.16. The van der Waals surface area contributed by atoms with E-state index in [4.69, 9.17) is 0 Å². The molecule has 3 aromatic rings. The van der Waals surface area contributed by atoms with Crippen LogP contribution in [-0.2, 0) is 0 Å². The summed E-state index contributed by atoms with van der Waals surface area (Å²) in [5.74, 6) is -0.165. The summed E-state index contributed by atoms with van der Waals surface area (Å²) in [6, 6.07) is 6.61. The summed E-state index contributed by atoms with van der Waals surface area (Å²) in [4.78, 5) is 15.1. The Balaban J connectivity index is 1.28. The zero-order chi connectivity index (χ0) is 21.6. The number of aromatic amines is 1. The first-order valence-corrected chi connectivity index (χ1v) is 11.1. The van der Waals surface area contributed by atoms with Crippen LogP contribution in [-0.4, -0.2) is 62.1 Å². The third-order valence-electron chi connectivity index (χ3n) is 6.16. The first-order valence-electron chi connectivity index (χ1n) is 11.1. The number of nitrogens with one attached hydrogen (secondary N) is 2. The number of aromatic nitrogens is 4. The van der Waals surface area contributed by atoms with Crippen LogP contribution in [0.4, 0.5) is 4.39 Å². The van der Waals surface area contributed by atoms with E-state index in [0.717, 1.165) is 48.0 Å². The van der Waals surface area contributed by atoms with Gasteiger partial charge < -0.3 is 10.2 Å². The largest absolute Gasteiger partial charge is 0.348 e. The normalized spacial score (nSPS) is 18.5. The molecule has 1 saturated heterocycles. The van der Waals surface area contributed by atoms with Crippen LogP contribution in [0.2, 0.25) is 0 Å². The highest BCUT2D eigenvalue weighted by Crippen LogP contribution is 2.35. The molecule has 1 aliphatic carbocycles. The van der Waals surface area contributed by atoms with Gasteiger partial charge >= 0.3 is 0 Å². The van der Waals surface area contributed by atoms with Gasteiger partial charge in [-0.25, -0.2) is 4.39 Å². The van der Waals surface area contributed by atoms with Crippen molar-refractivity contribution in [2.45, 2.75) is 57.3 Å². The maximum Gasteiger partial charge on any atom is 0.272 e. The van der Waals surface area contributed by atoms with Gasteiger partial charge in [-0.1, -0.05) is 6.07 Å². The maximum absolute atomic E-state index is 13.9. The second-order valence-corrected chi connectivity index (χ2v) is 9.52. The van der Waals surface area contributed by atoms with Gasteiger partial charge in [-0.2, -0.15) is 10.2 Å². The number of carbonyl (C=O) groups excluding carboxylic acids is 1. The van der Waals surface area contributed by atoms with Gasteiger partial charge in [0.25, 0.3) is 5.91 Å². The summed E-state index contributed by atoms with van der Waals surface area (Å²) >= 11 is 0. The molecule has 1 amide bonds. The molecule has 2 aromatic heterocycles. The predicted molar refractivity (Wildman–Crippen MR) is 118 cm³/mol. The van der Waals surface area contributed by atoms with Crippen LogP contribution in [0.1, 0.15) is 56.1 Å². The smallest absolute Gasteiger partial charge is 0.272 e. The molecule has 2 fully saturated rings. The number of fused-ring (bicyclic) bond motifs is 1. The highest BCUT2D eigenvalue weighted by Gasteiger charge is 2.27. The molecule has 0 atom stereocenters. The molecular formula is C23H29FN6O. The molecule has 0 bridgehead atoms. The predicted octanol–water partition coefficient (Wildman–Crippen LogP) is 3.70. The van der Waals surface area contributed by atoms with Crippen LogP contribution in [0.3, 0.4) is 0 Å². The number of rotatable bonds is 6. The van der Waals surface area contributed by atoms with Crippen molar-refractivity contribution in [1.29, 1.82) is 0 Å². The van der Waals surface area contributed by atoms with E-state index in [0.29, 0.717) is 18.3 Å². The van der Waals surface area contributed by atoms with Crippen molar-refractivity contribution in [2.24, 2.45) is 0 Å². The monoisotopic (exact) mass is 424 g/mol. The second kappa shape index (κ2) is 7.75.